The maximum atomic E-state index is 4.55. The predicted molar refractivity (Wildman–Crippen MR) is 55.0 cm³/mol. The molecule has 0 N–H and O–H groups in total. The molecule has 0 atom stereocenters. The maximum Gasteiger partial charge on any atom is 0.109 e. The van der Waals surface area contributed by atoms with Crippen molar-refractivity contribution in [2.45, 2.75) is 32.4 Å². The first-order valence-electron chi connectivity index (χ1n) is 5.55. The lowest BCUT2D eigenvalue weighted by molar-refractivity contribution is 0.267. The quantitative estimate of drug-likeness (QED) is 0.702. The molecule has 1 aromatic rings. The van der Waals surface area contributed by atoms with Crippen LogP contribution in [-0.2, 0) is 19.5 Å². The molecule has 2 aliphatic rings. The standard InChI is InChI=1S/C11H17N3/c1-13-4-5-14-10(8-13)7-12-11(14)6-9-2-3-9/h7,9H,2-6,8H2,1H3. The molecule has 2 heterocycles. The van der Waals surface area contributed by atoms with E-state index in [4.69, 9.17) is 0 Å². The average Bonchev–Trinajstić information content (AvgIpc) is 2.89. The fourth-order valence-corrected chi connectivity index (χ4v) is 2.22. The Morgan fingerprint density at radius 2 is 2.29 bits per heavy atom. The molecule has 3 rings (SSSR count). The van der Waals surface area contributed by atoms with Crippen molar-refractivity contribution in [3.8, 4) is 0 Å². The van der Waals surface area contributed by atoms with Gasteiger partial charge in [0.15, 0.2) is 0 Å². The van der Waals surface area contributed by atoms with Gasteiger partial charge in [0.1, 0.15) is 5.82 Å². The lowest BCUT2D eigenvalue weighted by atomic mass is 10.2. The van der Waals surface area contributed by atoms with Gasteiger partial charge in [-0.05, 0) is 25.8 Å². The molecular formula is C11H17N3. The second-order valence-electron chi connectivity index (χ2n) is 4.70. The van der Waals surface area contributed by atoms with Gasteiger partial charge in [0.05, 0.1) is 5.69 Å². The number of hydrogen-bond acceptors (Lipinski definition) is 2. The molecular weight excluding hydrogens is 174 g/mol. The third kappa shape index (κ3) is 1.46. The Kier molecular flexibility index (Phi) is 1.87. The van der Waals surface area contributed by atoms with E-state index in [1.54, 1.807) is 0 Å². The Hall–Kier alpha value is -0.830. The van der Waals surface area contributed by atoms with E-state index in [1.807, 2.05) is 0 Å². The van der Waals surface area contributed by atoms with Crippen LogP contribution in [0.3, 0.4) is 0 Å². The highest BCUT2D eigenvalue weighted by Crippen LogP contribution is 2.32. The van der Waals surface area contributed by atoms with Crippen LogP contribution in [0, 0.1) is 5.92 Å². The molecule has 76 valence electrons. The van der Waals surface area contributed by atoms with Crippen molar-refractivity contribution in [1.82, 2.24) is 14.5 Å². The van der Waals surface area contributed by atoms with Crippen LogP contribution in [0.1, 0.15) is 24.4 Å². The van der Waals surface area contributed by atoms with Crippen molar-refractivity contribution in [3.05, 3.63) is 17.7 Å². The van der Waals surface area contributed by atoms with Gasteiger partial charge in [0, 0.05) is 32.3 Å². The summed E-state index contributed by atoms with van der Waals surface area (Å²) in [5.74, 6) is 2.27. The van der Waals surface area contributed by atoms with Crippen molar-refractivity contribution in [2.24, 2.45) is 5.92 Å². The molecule has 0 bridgehead atoms. The number of fused-ring (bicyclic) bond motifs is 1. The van der Waals surface area contributed by atoms with E-state index < -0.39 is 0 Å². The van der Waals surface area contributed by atoms with Gasteiger partial charge in [-0.15, -0.1) is 0 Å². The van der Waals surface area contributed by atoms with Crippen LogP contribution >= 0.6 is 0 Å². The Morgan fingerprint density at radius 1 is 1.43 bits per heavy atom. The van der Waals surface area contributed by atoms with Crippen LogP contribution < -0.4 is 0 Å². The third-order valence-corrected chi connectivity index (χ3v) is 3.33. The lowest BCUT2D eigenvalue weighted by Crippen LogP contribution is -2.30. The molecule has 1 saturated carbocycles. The first kappa shape index (κ1) is 8.48. The third-order valence-electron chi connectivity index (χ3n) is 3.33. The SMILES string of the molecule is CN1CCn2c(cnc2CC2CC2)C1. The van der Waals surface area contributed by atoms with Gasteiger partial charge >= 0.3 is 0 Å². The largest absolute Gasteiger partial charge is 0.330 e. The fourth-order valence-electron chi connectivity index (χ4n) is 2.22. The molecule has 0 aromatic carbocycles. The molecule has 0 unspecified atom stereocenters. The van der Waals surface area contributed by atoms with Crippen molar-refractivity contribution >= 4 is 0 Å². The zero-order valence-electron chi connectivity index (χ0n) is 8.74. The van der Waals surface area contributed by atoms with E-state index in [-0.39, 0.29) is 0 Å². The van der Waals surface area contributed by atoms with Gasteiger partial charge < -0.3 is 4.57 Å². The highest BCUT2D eigenvalue weighted by atomic mass is 15.2. The summed E-state index contributed by atoms with van der Waals surface area (Å²) in [5.41, 5.74) is 1.40. The van der Waals surface area contributed by atoms with Crippen molar-refractivity contribution in [3.63, 3.8) is 0 Å². The highest BCUT2D eigenvalue weighted by molar-refractivity contribution is 5.09. The molecule has 0 saturated heterocycles. The summed E-state index contributed by atoms with van der Waals surface area (Å²) in [6, 6.07) is 0. The van der Waals surface area contributed by atoms with Crippen molar-refractivity contribution in [1.29, 1.82) is 0 Å². The lowest BCUT2D eigenvalue weighted by Gasteiger charge is -2.25. The Balaban J connectivity index is 1.84. The van der Waals surface area contributed by atoms with Crippen LogP contribution in [0.5, 0.6) is 0 Å². The molecule has 3 nitrogen and oxygen atoms in total. The number of aromatic nitrogens is 2. The van der Waals surface area contributed by atoms with Crippen molar-refractivity contribution in [2.75, 3.05) is 13.6 Å². The summed E-state index contributed by atoms with van der Waals surface area (Å²) in [4.78, 5) is 6.91. The molecule has 1 aliphatic heterocycles. The summed E-state index contributed by atoms with van der Waals surface area (Å²) in [6.45, 7) is 3.37. The average molecular weight is 191 g/mol. The first-order valence-corrected chi connectivity index (χ1v) is 5.55. The van der Waals surface area contributed by atoms with Crippen molar-refractivity contribution < 1.29 is 0 Å². The topological polar surface area (TPSA) is 21.1 Å². The number of imidazole rings is 1. The molecule has 1 aromatic heterocycles. The number of nitrogens with zero attached hydrogens (tertiary/aromatic N) is 3. The fraction of sp³-hybridized carbons (Fsp3) is 0.727. The second-order valence-corrected chi connectivity index (χ2v) is 4.70. The van der Waals surface area contributed by atoms with Crippen LogP contribution in [0.2, 0.25) is 0 Å². The number of hydrogen-bond donors (Lipinski definition) is 0. The zero-order valence-corrected chi connectivity index (χ0v) is 8.74. The van der Waals surface area contributed by atoms with Crippen LogP contribution in [0.25, 0.3) is 0 Å². The molecule has 3 heteroatoms. The Bertz CT molecular complexity index is 338. The minimum atomic E-state index is 0.946. The van der Waals surface area contributed by atoms with E-state index >= 15 is 0 Å². The monoisotopic (exact) mass is 191 g/mol. The van der Waals surface area contributed by atoms with Gasteiger partial charge in [0.25, 0.3) is 0 Å². The molecule has 0 amide bonds. The Morgan fingerprint density at radius 3 is 3.07 bits per heavy atom. The van der Waals surface area contributed by atoms with Crippen LogP contribution in [0.4, 0.5) is 0 Å². The summed E-state index contributed by atoms with van der Waals surface area (Å²) in [5, 5.41) is 0. The normalized spacial score (nSPS) is 22.4. The zero-order chi connectivity index (χ0) is 9.54. The molecule has 1 fully saturated rings. The first-order chi connectivity index (χ1) is 6.83. The molecule has 0 radical (unpaired) electrons. The molecule has 1 aliphatic carbocycles. The summed E-state index contributed by atoms with van der Waals surface area (Å²) < 4.78 is 2.43. The predicted octanol–water partition coefficient (Wildman–Crippen LogP) is 1.28. The van der Waals surface area contributed by atoms with Crippen LogP contribution in [-0.4, -0.2) is 28.0 Å². The van der Waals surface area contributed by atoms with Gasteiger partial charge in [-0.1, -0.05) is 0 Å². The minimum absolute atomic E-state index is 0.946. The highest BCUT2D eigenvalue weighted by Gasteiger charge is 2.25. The molecule has 14 heavy (non-hydrogen) atoms. The summed E-state index contributed by atoms with van der Waals surface area (Å²) >= 11 is 0. The van der Waals surface area contributed by atoms with Crippen LogP contribution in [0.15, 0.2) is 6.20 Å². The number of rotatable bonds is 2. The van der Waals surface area contributed by atoms with Gasteiger partial charge in [0.2, 0.25) is 0 Å². The summed E-state index contributed by atoms with van der Waals surface area (Å²) in [6.07, 6.45) is 6.11. The van der Waals surface area contributed by atoms with E-state index in [0.717, 1.165) is 19.0 Å². The Labute approximate surface area is 84.7 Å². The van der Waals surface area contributed by atoms with Gasteiger partial charge in [-0.25, -0.2) is 4.98 Å². The van der Waals surface area contributed by atoms with Gasteiger partial charge in [-0.2, -0.15) is 0 Å². The van der Waals surface area contributed by atoms with E-state index in [0.29, 0.717) is 0 Å². The smallest absolute Gasteiger partial charge is 0.109 e. The van der Waals surface area contributed by atoms with E-state index in [9.17, 15) is 0 Å². The summed E-state index contributed by atoms with van der Waals surface area (Å²) in [7, 11) is 2.18. The minimum Gasteiger partial charge on any atom is -0.330 e. The van der Waals surface area contributed by atoms with Gasteiger partial charge in [-0.3, -0.25) is 4.90 Å². The second kappa shape index (κ2) is 3.09. The number of likely N-dealkylation sites (N-methyl/N-ethyl adjacent to an activating group) is 1. The van der Waals surface area contributed by atoms with E-state index in [1.165, 1.54) is 37.3 Å². The molecule has 0 spiro atoms. The van der Waals surface area contributed by atoms with E-state index in [2.05, 4.69) is 27.7 Å². The maximum absolute atomic E-state index is 4.55.